The molecule has 2 rings (SSSR count). The van der Waals surface area contributed by atoms with Crippen molar-refractivity contribution >= 4 is 5.82 Å². The van der Waals surface area contributed by atoms with Crippen LogP contribution in [0.5, 0.6) is 0 Å². The first-order chi connectivity index (χ1) is 6.90. The van der Waals surface area contributed by atoms with Crippen LogP contribution in [0.1, 0.15) is 5.56 Å². The van der Waals surface area contributed by atoms with Gasteiger partial charge in [0.2, 0.25) is 0 Å². The standard InChI is InChI=1S/C10H16N4/c11-7-9-1-2-10(13-8-9)14-5-3-12-4-6-14/h1-2,8,12H,3-7,11H2. The van der Waals surface area contributed by atoms with Crippen LogP contribution >= 0.6 is 0 Å². The van der Waals surface area contributed by atoms with E-state index in [4.69, 9.17) is 5.73 Å². The maximum atomic E-state index is 5.51. The zero-order valence-corrected chi connectivity index (χ0v) is 8.24. The third-order valence-electron chi connectivity index (χ3n) is 2.49. The largest absolute Gasteiger partial charge is 0.354 e. The molecule has 0 atom stereocenters. The molecule has 4 heteroatoms. The predicted octanol–water partition coefficient (Wildman–Crippen LogP) is -0.0501. The molecular formula is C10H16N4. The lowest BCUT2D eigenvalue weighted by molar-refractivity contribution is 0.585. The Balaban J connectivity index is 2.07. The second-order valence-electron chi connectivity index (χ2n) is 3.47. The molecule has 1 aromatic rings. The Morgan fingerprint density at radius 1 is 1.36 bits per heavy atom. The lowest BCUT2D eigenvalue weighted by atomic mass is 10.2. The maximum absolute atomic E-state index is 5.51. The second kappa shape index (κ2) is 4.39. The predicted molar refractivity (Wildman–Crippen MR) is 57.2 cm³/mol. The number of nitrogens with zero attached hydrogens (tertiary/aromatic N) is 2. The number of pyridine rings is 1. The van der Waals surface area contributed by atoms with Crippen LogP contribution < -0.4 is 16.0 Å². The highest BCUT2D eigenvalue weighted by Gasteiger charge is 2.10. The molecule has 0 unspecified atom stereocenters. The van der Waals surface area contributed by atoms with Gasteiger partial charge in [-0.15, -0.1) is 0 Å². The number of anilines is 1. The molecule has 1 aromatic heterocycles. The highest BCUT2D eigenvalue weighted by Crippen LogP contribution is 2.11. The van der Waals surface area contributed by atoms with E-state index in [0.717, 1.165) is 37.6 Å². The van der Waals surface area contributed by atoms with Crippen molar-refractivity contribution in [2.75, 3.05) is 31.1 Å². The van der Waals surface area contributed by atoms with Gasteiger partial charge in [-0.1, -0.05) is 6.07 Å². The summed E-state index contributed by atoms with van der Waals surface area (Å²) in [4.78, 5) is 6.68. The number of hydrogen-bond acceptors (Lipinski definition) is 4. The van der Waals surface area contributed by atoms with E-state index in [-0.39, 0.29) is 0 Å². The Labute approximate surface area is 84.1 Å². The van der Waals surface area contributed by atoms with Gasteiger partial charge in [0.25, 0.3) is 0 Å². The summed E-state index contributed by atoms with van der Waals surface area (Å²) >= 11 is 0. The fourth-order valence-electron chi connectivity index (χ4n) is 1.62. The third-order valence-corrected chi connectivity index (χ3v) is 2.49. The molecule has 0 amide bonds. The summed E-state index contributed by atoms with van der Waals surface area (Å²) < 4.78 is 0. The van der Waals surface area contributed by atoms with Crippen molar-refractivity contribution in [2.45, 2.75) is 6.54 Å². The molecule has 1 saturated heterocycles. The second-order valence-corrected chi connectivity index (χ2v) is 3.47. The van der Waals surface area contributed by atoms with E-state index in [9.17, 15) is 0 Å². The fraction of sp³-hybridized carbons (Fsp3) is 0.500. The molecule has 1 aliphatic heterocycles. The first-order valence-corrected chi connectivity index (χ1v) is 5.01. The maximum Gasteiger partial charge on any atom is 0.128 e. The number of rotatable bonds is 2. The Morgan fingerprint density at radius 3 is 2.71 bits per heavy atom. The van der Waals surface area contributed by atoms with Gasteiger partial charge in [-0.25, -0.2) is 4.98 Å². The minimum Gasteiger partial charge on any atom is -0.354 e. The number of nitrogens with two attached hydrogens (primary N) is 1. The lowest BCUT2D eigenvalue weighted by Crippen LogP contribution is -2.43. The van der Waals surface area contributed by atoms with Gasteiger partial charge in [-0.2, -0.15) is 0 Å². The summed E-state index contributed by atoms with van der Waals surface area (Å²) in [6.45, 7) is 4.72. The molecule has 1 aliphatic rings. The van der Waals surface area contributed by atoms with Gasteiger partial charge in [-0.05, 0) is 11.6 Å². The molecule has 1 fully saturated rings. The molecule has 0 aliphatic carbocycles. The summed E-state index contributed by atoms with van der Waals surface area (Å²) in [7, 11) is 0. The van der Waals surface area contributed by atoms with Crippen LogP contribution in [0.25, 0.3) is 0 Å². The van der Waals surface area contributed by atoms with Crippen LogP contribution in [0.4, 0.5) is 5.82 Å². The molecule has 4 nitrogen and oxygen atoms in total. The third kappa shape index (κ3) is 2.02. The quantitative estimate of drug-likeness (QED) is 0.690. The minimum atomic E-state index is 0.564. The van der Waals surface area contributed by atoms with Gasteiger partial charge in [0.05, 0.1) is 0 Å². The Morgan fingerprint density at radius 2 is 2.14 bits per heavy atom. The molecule has 2 heterocycles. The van der Waals surface area contributed by atoms with E-state index in [1.165, 1.54) is 0 Å². The van der Waals surface area contributed by atoms with Gasteiger partial charge < -0.3 is 16.0 Å². The molecule has 0 aromatic carbocycles. The van der Waals surface area contributed by atoms with Crippen molar-refractivity contribution in [3.8, 4) is 0 Å². The molecule has 14 heavy (non-hydrogen) atoms. The van der Waals surface area contributed by atoms with Crippen molar-refractivity contribution in [3.05, 3.63) is 23.9 Å². The Kier molecular flexibility index (Phi) is 2.96. The van der Waals surface area contributed by atoms with Crippen molar-refractivity contribution in [1.29, 1.82) is 0 Å². The lowest BCUT2D eigenvalue weighted by Gasteiger charge is -2.28. The minimum absolute atomic E-state index is 0.564. The molecule has 76 valence electrons. The van der Waals surface area contributed by atoms with Gasteiger partial charge in [0.15, 0.2) is 0 Å². The molecular weight excluding hydrogens is 176 g/mol. The van der Waals surface area contributed by atoms with Gasteiger partial charge >= 0.3 is 0 Å². The summed E-state index contributed by atoms with van der Waals surface area (Å²) in [5.74, 6) is 1.06. The summed E-state index contributed by atoms with van der Waals surface area (Å²) in [6.07, 6.45) is 1.86. The van der Waals surface area contributed by atoms with Crippen LogP contribution in [0, 0.1) is 0 Å². The first kappa shape index (κ1) is 9.43. The Hall–Kier alpha value is -1.13. The van der Waals surface area contributed by atoms with E-state index in [1.807, 2.05) is 18.3 Å². The van der Waals surface area contributed by atoms with E-state index >= 15 is 0 Å². The van der Waals surface area contributed by atoms with E-state index in [0.29, 0.717) is 6.54 Å². The van der Waals surface area contributed by atoms with Crippen LogP contribution in [-0.4, -0.2) is 31.2 Å². The zero-order chi connectivity index (χ0) is 9.80. The van der Waals surface area contributed by atoms with E-state index in [1.54, 1.807) is 0 Å². The molecule has 0 radical (unpaired) electrons. The monoisotopic (exact) mass is 192 g/mol. The van der Waals surface area contributed by atoms with Gasteiger partial charge in [0.1, 0.15) is 5.82 Å². The molecule has 0 saturated carbocycles. The highest BCUT2D eigenvalue weighted by atomic mass is 15.2. The topological polar surface area (TPSA) is 54.2 Å². The van der Waals surface area contributed by atoms with Gasteiger partial charge in [-0.3, -0.25) is 0 Å². The summed E-state index contributed by atoms with van der Waals surface area (Å²) in [5.41, 5.74) is 6.60. The number of hydrogen-bond donors (Lipinski definition) is 2. The first-order valence-electron chi connectivity index (χ1n) is 5.01. The molecule has 3 N–H and O–H groups in total. The van der Waals surface area contributed by atoms with Crippen molar-refractivity contribution in [3.63, 3.8) is 0 Å². The zero-order valence-electron chi connectivity index (χ0n) is 8.24. The molecule has 0 bridgehead atoms. The van der Waals surface area contributed by atoms with Crippen molar-refractivity contribution in [1.82, 2.24) is 10.3 Å². The fourth-order valence-corrected chi connectivity index (χ4v) is 1.62. The van der Waals surface area contributed by atoms with Crippen LogP contribution in [0.2, 0.25) is 0 Å². The number of aromatic nitrogens is 1. The van der Waals surface area contributed by atoms with Gasteiger partial charge in [0, 0.05) is 38.9 Å². The van der Waals surface area contributed by atoms with Crippen molar-refractivity contribution in [2.24, 2.45) is 5.73 Å². The summed E-state index contributed by atoms with van der Waals surface area (Å²) in [5, 5.41) is 3.32. The smallest absolute Gasteiger partial charge is 0.128 e. The van der Waals surface area contributed by atoms with E-state index in [2.05, 4.69) is 15.2 Å². The summed E-state index contributed by atoms with van der Waals surface area (Å²) in [6, 6.07) is 4.10. The van der Waals surface area contributed by atoms with E-state index < -0.39 is 0 Å². The van der Waals surface area contributed by atoms with Crippen LogP contribution in [0.15, 0.2) is 18.3 Å². The number of piperazine rings is 1. The van der Waals surface area contributed by atoms with Crippen LogP contribution in [0.3, 0.4) is 0 Å². The average molecular weight is 192 g/mol. The number of nitrogens with one attached hydrogen (secondary N) is 1. The van der Waals surface area contributed by atoms with Crippen LogP contribution in [-0.2, 0) is 6.54 Å². The molecule has 0 spiro atoms. The Bertz CT molecular complexity index is 277. The average Bonchev–Trinajstić information content (AvgIpc) is 2.30. The SMILES string of the molecule is NCc1ccc(N2CCNCC2)nc1. The van der Waals surface area contributed by atoms with Crippen molar-refractivity contribution < 1.29 is 0 Å². The highest BCUT2D eigenvalue weighted by molar-refractivity contribution is 5.39. The normalized spacial score (nSPS) is 17.1.